The Balaban J connectivity index is 2.37. The lowest BCUT2D eigenvalue weighted by Crippen LogP contribution is -1.99. The van der Waals surface area contributed by atoms with Gasteiger partial charge >= 0.3 is 0 Å². The van der Waals surface area contributed by atoms with Crippen molar-refractivity contribution in [2.24, 2.45) is 5.92 Å². The number of hydrogen-bond acceptors (Lipinski definition) is 1. The molecule has 0 radical (unpaired) electrons. The highest BCUT2D eigenvalue weighted by Gasteiger charge is 2.05. The van der Waals surface area contributed by atoms with Gasteiger partial charge in [-0.3, -0.25) is 0 Å². The van der Waals surface area contributed by atoms with Gasteiger partial charge in [-0.1, -0.05) is 36.8 Å². The molecule has 0 heterocycles. The minimum absolute atomic E-state index is 0.769. The van der Waals surface area contributed by atoms with E-state index in [4.69, 9.17) is 4.74 Å². The van der Waals surface area contributed by atoms with Crippen LogP contribution in [0.2, 0.25) is 0 Å². The van der Waals surface area contributed by atoms with Crippen molar-refractivity contribution in [3.8, 4) is 5.75 Å². The highest BCUT2D eigenvalue weighted by Crippen LogP contribution is 2.22. The second-order valence-corrected chi connectivity index (χ2v) is 5.31. The van der Waals surface area contributed by atoms with Crippen molar-refractivity contribution in [2.45, 2.75) is 46.5 Å². The molecule has 0 fully saturated rings. The van der Waals surface area contributed by atoms with Crippen LogP contribution in [0.15, 0.2) is 35.9 Å². The molecule has 0 aromatic heterocycles. The highest BCUT2D eigenvalue weighted by atomic mass is 16.5. The van der Waals surface area contributed by atoms with E-state index in [-0.39, 0.29) is 0 Å². The number of methoxy groups -OCH3 is 1. The molecule has 0 aliphatic carbocycles. The van der Waals surface area contributed by atoms with Gasteiger partial charge in [-0.15, -0.1) is 0 Å². The van der Waals surface area contributed by atoms with Crippen molar-refractivity contribution in [1.82, 2.24) is 0 Å². The van der Waals surface area contributed by atoms with Crippen LogP contribution in [-0.4, -0.2) is 7.11 Å². The summed E-state index contributed by atoms with van der Waals surface area (Å²) < 4.78 is 5.38. The Hall–Kier alpha value is -1.24. The van der Waals surface area contributed by atoms with Gasteiger partial charge in [0.1, 0.15) is 5.75 Å². The van der Waals surface area contributed by atoms with E-state index in [9.17, 15) is 0 Å². The van der Waals surface area contributed by atoms with Crippen molar-refractivity contribution in [1.29, 1.82) is 0 Å². The van der Waals surface area contributed by atoms with E-state index in [0.29, 0.717) is 0 Å². The first-order chi connectivity index (χ1) is 8.63. The average molecular weight is 246 g/mol. The molecule has 0 saturated heterocycles. The van der Waals surface area contributed by atoms with Crippen LogP contribution in [0.5, 0.6) is 5.75 Å². The minimum atomic E-state index is 0.769. The van der Waals surface area contributed by atoms with Crippen LogP contribution >= 0.6 is 0 Å². The van der Waals surface area contributed by atoms with Gasteiger partial charge in [-0.05, 0) is 57.1 Å². The van der Waals surface area contributed by atoms with Gasteiger partial charge in [-0.25, -0.2) is 0 Å². The maximum atomic E-state index is 5.38. The van der Waals surface area contributed by atoms with Crippen LogP contribution in [-0.2, 0) is 6.42 Å². The Morgan fingerprint density at radius 3 is 2.61 bits per heavy atom. The lowest BCUT2D eigenvalue weighted by molar-refractivity contribution is 0.405. The first kappa shape index (κ1) is 14.8. The van der Waals surface area contributed by atoms with Gasteiger partial charge in [0.2, 0.25) is 0 Å². The fourth-order valence-corrected chi connectivity index (χ4v) is 2.11. The number of ether oxygens (including phenoxy) is 1. The van der Waals surface area contributed by atoms with E-state index in [2.05, 4.69) is 39.0 Å². The van der Waals surface area contributed by atoms with E-state index in [1.165, 1.54) is 30.4 Å². The van der Waals surface area contributed by atoms with E-state index in [1.54, 1.807) is 7.11 Å². The Kier molecular flexibility index (Phi) is 6.56. The largest absolute Gasteiger partial charge is 0.496 e. The number of para-hydroxylation sites is 1. The summed E-state index contributed by atoms with van der Waals surface area (Å²) >= 11 is 0. The zero-order valence-corrected chi connectivity index (χ0v) is 12.2. The molecule has 1 heteroatoms. The van der Waals surface area contributed by atoms with Gasteiger partial charge in [0.25, 0.3) is 0 Å². The third kappa shape index (κ3) is 5.39. The normalized spacial score (nSPS) is 12.0. The summed E-state index contributed by atoms with van der Waals surface area (Å²) in [4.78, 5) is 0. The molecule has 18 heavy (non-hydrogen) atoms. The van der Waals surface area contributed by atoms with E-state index >= 15 is 0 Å². The van der Waals surface area contributed by atoms with Crippen molar-refractivity contribution >= 4 is 0 Å². The Morgan fingerprint density at radius 2 is 1.94 bits per heavy atom. The molecule has 0 amide bonds. The predicted molar refractivity (Wildman–Crippen MR) is 79.1 cm³/mol. The van der Waals surface area contributed by atoms with Gasteiger partial charge in [-0.2, -0.15) is 0 Å². The molecule has 100 valence electrons. The van der Waals surface area contributed by atoms with Gasteiger partial charge in [0.05, 0.1) is 7.11 Å². The summed E-state index contributed by atoms with van der Waals surface area (Å²) in [6, 6.07) is 8.33. The molecule has 0 bridgehead atoms. The van der Waals surface area contributed by atoms with Crippen LogP contribution in [0, 0.1) is 5.92 Å². The molecular weight excluding hydrogens is 220 g/mol. The van der Waals surface area contributed by atoms with E-state index in [1.807, 2.05) is 12.1 Å². The van der Waals surface area contributed by atoms with Crippen LogP contribution < -0.4 is 4.74 Å². The first-order valence-electron chi connectivity index (χ1n) is 6.88. The molecule has 0 unspecified atom stereocenters. The summed E-state index contributed by atoms with van der Waals surface area (Å²) in [6.07, 6.45) is 7.16. The molecule has 1 nitrogen and oxygen atoms in total. The SMILES string of the molecule is COc1ccccc1CC[C@@H](C)CCC=C(C)C. The molecule has 0 saturated carbocycles. The molecule has 1 atom stereocenters. The molecule has 0 aliphatic rings. The zero-order chi connectivity index (χ0) is 13.4. The van der Waals surface area contributed by atoms with Crippen LogP contribution in [0.4, 0.5) is 0 Å². The summed E-state index contributed by atoms with van der Waals surface area (Å²) in [5, 5.41) is 0. The van der Waals surface area contributed by atoms with Crippen molar-refractivity contribution in [2.75, 3.05) is 7.11 Å². The lowest BCUT2D eigenvalue weighted by atomic mass is 9.96. The Labute approximate surface area is 112 Å². The molecule has 0 spiro atoms. The number of hydrogen-bond donors (Lipinski definition) is 0. The maximum Gasteiger partial charge on any atom is 0.122 e. The summed E-state index contributed by atoms with van der Waals surface area (Å²) in [6.45, 7) is 6.67. The number of rotatable bonds is 7. The predicted octanol–water partition coefficient (Wildman–Crippen LogP) is 5.01. The molecule has 1 aromatic rings. The first-order valence-corrected chi connectivity index (χ1v) is 6.88. The second-order valence-electron chi connectivity index (χ2n) is 5.31. The summed E-state index contributed by atoms with van der Waals surface area (Å²) in [5.41, 5.74) is 2.75. The maximum absolute atomic E-state index is 5.38. The van der Waals surface area contributed by atoms with E-state index < -0.39 is 0 Å². The fraction of sp³-hybridized carbons (Fsp3) is 0.529. The molecular formula is C17H26O. The number of benzene rings is 1. The van der Waals surface area contributed by atoms with Crippen LogP contribution in [0.3, 0.4) is 0 Å². The van der Waals surface area contributed by atoms with Gasteiger partial charge < -0.3 is 4.74 Å². The average Bonchev–Trinajstić information content (AvgIpc) is 2.36. The molecule has 0 aliphatic heterocycles. The van der Waals surface area contributed by atoms with Crippen LogP contribution in [0.1, 0.15) is 45.6 Å². The van der Waals surface area contributed by atoms with Crippen LogP contribution in [0.25, 0.3) is 0 Å². The molecule has 0 N–H and O–H groups in total. The molecule has 1 rings (SSSR count). The molecule has 1 aromatic carbocycles. The monoisotopic (exact) mass is 246 g/mol. The highest BCUT2D eigenvalue weighted by molar-refractivity contribution is 5.33. The number of allylic oxidation sites excluding steroid dienone is 2. The van der Waals surface area contributed by atoms with E-state index in [0.717, 1.165) is 18.1 Å². The van der Waals surface area contributed by atoms with Crippen molar-refractivity contribution in [3.05, 3.63) is 41.5 Å². The van der Waals surface area contributed by atoms with Crippen molar-refractivity contribution < 1.29 is 4.74 Å². The van der Waals surface area contributed by atoms with Gasteiger partial charge in [0.15, 0.2) is 0 Å². The topological polar surface area (TPSA) is 9.23 Å². The fourth-order valence-electron chi connectivity index (χ4n) is 2.11. The lowest BCUT2D eigenvalue weighted by Gasteiger charge is -2.12. The zero-order valence-electron chi connectivity index (χ0n) is 12.2. The van der Waals surface area contributed by atoms with Gasteiger partial charge in [0, 0.05) is 0 Å². The third-order valence-electron chi connectivity index (χ3n) is 3.31. The minimum Gasteiger partial charge on any atom is -0.496 e. The standard InChI is InChI=1S/C17H26O/c1-14(2)8-7-9-15(3)12-13-16-10-5-6-11-17(16)18-4/h5-6,8,10-11,15H,7,9,12-13H2,1-4H3/t15-/m0/s1. The quantitative estimate of drug-likeness (QED) is 0.614. The third-order valence-corrected chi connectivity index (χ3v) is 3.31. The summed E-state index contributed by atoms with van der Waals surface area (Å²) in [5.74, 6) is 1.79. The second kappa shape index (κ2) is 7.97. The van der Waals surface area contributed by atoms with Crippen molar-refractivity contribution in [3.63, 3.8) is 0 Å². The summed E-state index contributed by atoms with van der Waals surface area (Å²) in [7, 11) is 1.75. The smallest absolute Gasteiger partial charge is 0.122 e. The Morgan fingerprint density at radius 1 is 1.22 bits per heavy atom. The number of aryl methyl sites for hydroxylation is 1. The Bertz CT molecular complexity index is 375.